The van der Waals surface area contributed by atoms with Crippen LogP contribution in [-0.2, 0) is 5.75 Å². The van der Waals surface area contributed by atoms with Crippen LogP contribution in [0.3, 0.4) is 0 Å². The molecule has 0 saturated carbocycles. The normalized spacial score (nSPS) is 10.6. The zero-order chi connectivity index (χ0) is 13.1. The third-order valence-corrected chi connectivity index (χ3v) is 4.41. The molecule has 2 N–H and O–H groups in total. The van der Waals surface area contributed by atoms with Gasteiger partial charge in [0.25, 0.3) is 0 Å². The Balaban J connectivity index is 2.11. The van der Waals surface area contributed by atoms with Crippen LogP contribution >= 0.6 is 27.7 Å². The molecule has 0 amide bonds. The smallest absolute Gasteiger partial charge is 0.137 e. The monoisotopic (exact) mass is 325 g/mol. The molecule has 94 valence electrons. The van der Waals surface area contributed by atoms with Gasteiger partial charge in [-0.15, -0.1) is 11.8 Å². The van der Waals surface area contributed by atoms with E-state index in [2.05, 4.69) is 15.9 Å². The summed E-state index contributed by atoms with van der Waals surface area (Å²) in [6.45, 7) is 1.99. The molecule has 4 heteroatoms. The van der Waals surface area contributed by atoms with E-state index in [1.165, 1.54) is 6.07 Å². The molecule has 2 aromatic carbocycles. The number of thioether (sulfide) groups is 1. The number of nitrogens with two attached hydrogens (primary N) is 1. The maximum Gasteiger partial charge on any atom is 0.137 e. The highest BCUT2D eigenvalue weighted by Gasteiger charge is 2.04. The largest absolute Gasteiger partial charge is 0.398 e. The number of hydrogen-bond acceptors (Lipinski definition) is 2. The van der Waals surface area contributed by atoms with Crippen molar-refractivity contribution < 1.29 is 4.39 Å². The van der Waals surface area contributed by atoms with Gasteiger partial charge < -0.3 is 5.73 Å². The lowest BCUT2D eigenvalue weighted by Gasteiger charge is -2.08. The molecule has 0 unspecified atom stereocenters. The lowest BCUT2D eigenvalue weighted by molar-refractivity contribution is 0.620. The van der Waals surface area contributed by atoms with Crippen LogP contribution in [0.5, 0.6) is 0 Å². The predicted octanol–water partition coefficient (Wildman–Crippen LogP) is 4.77. The van der Waals surface area contributed by atoms with Gasteiger partial charge in [-0.3, -0.25) is 0 Å². The molecule has 0 aliphatic carbocycles. The fraction of sp³-hybridized carbons (Fsp3) is 0.143. The van der Waals surface area contributed by atoms with Crippen LogP contribution in [0, 0.1) is 12.7 Å². The minimum atomic E-state index is -0.237. The molecular weight excluding hydrogens is 313 g/mol. The summed E-state index contributed by atoms with van der Waals surface area (Å²) in [5.74, 6) is 0.533. The van der Waals surface area contributed by atoms with E-state index in [0.29, 0.717) is 4.47 Å². The molecule has 0 spiro atoms. The second-order valence-corrected chi connectivity index (χ2v) is 5.90. The maximum absolute atomic E-state index is 13.1. The molecule has 0 heterocycles. The van der Waals surface area contributed by atoms with Crippen LogP contribution in [0.4, 0.5) is 10.1 Å². The van der Waals surface area contributed by atoms with Gasteiger partial charge in [0.15, 0.2) is 0 Å². The molecular formula is C14H13BrFNS. The van der Waals surface area contributed by atoms with E-state index in [1.807, 2.05) is 25.1 Å². The van der Waals surface area contributed by atoms with E-state index < -0.39 is 0 Å². The van der Waals surface area contributed by atoms with Crippen LogP contribution in [0.2, 0.25) is 0 Å². The summed E-state index contributed by atoms with van der Waals surface area (Å²) >= 11 is 4.85. The summed E-state index contributed by atoms with van der Waals surface area (Å²) in [7, 11) is 0. The average molecular weight is 326 g/mol. The zero-order valence-corrected chi connectivity index (χ0v) is 12.3. The fourth-order valence-electron chi connectivity index (χ4n) is 1.57. The minimum absolute atomic E-state index is 0.237. The highest BCUT2D eigenvalue weighted by atomic mass is 79.9. The first-order valence-corrected chi connectivity index (χ1v) is 7.27. The second-order valence-electron chi connectivity index (χ2n) is 4.02. The van der Waals surface area contributed by atoms with Gasteiger partial charge in [-0.1, -0.05) is 18.2 Å². The molecule has 2 aromatic rings. The zero-order valence-electron chi connectivity index (χ0n) is 9.91. The van der Waals surface area contributed by atoms with Gasteiger partial charge in [0.2, 0.25) is 0 Å². The van der Waals surface area contributed by atoms with E-state index in [4.69, 9.17) is 5.73 Å². The van der Waals surface area contributed by atoms with Crippen molar-refractivity contribution in [3.63, 3.8) is 0 Å². The van der Waals surface area contributed by atoms with E-state index in [9.17, 15) is 4.39 Å². The van der Waals surface area contributed by atoms with Crippen molar-refractivity contribution in [3.05, 3.63) is 57.8 Å². The van der Waals surface area contributed by atoms with Crippen molar-refractivity contribution in [2.24, 2.45) is 0 Å². The van der Waals surface area contributed by atoms with E-state index in [0.717, 1.165) is 27.5 Å². The second kappa shape index (κ2) is 5.76. The van der Waals surface area contributed by atoms with Gasteiger partial charge in [-0.05, 0) is 52.2 Å². The minimum Gasteiger partial charge on any atom is -0.398 e. The molecule has 0 aromatic heterocycles. The van der Waals surface area contributed by atoms with Gasteiger partial charge >= 0.3 is 0 Å². The topological polar surface area (TPSA) is 26.0 Å². The molecule has 0 aliphatic heterocycles. The Hall–Kier alpha value is -1.00. The molecule has 0 atom stereocenters. The van der Waals surface area contributed by atoms with Gasteiger partial charge in [0.05, 0.1) is 4.47 Å². The summed E-state index contributed by atoms with van der Waals surface area (Å²) in [5, 5.41) is 0. The number of nitrogen functional groups attached to an aromatic ring is 1. The molecule has 0 fully saturated rings. The fourth-order valence-corrected chi connectivity index (χ4v) is 2.99. The first-order chi connectivity index (χ1) is 8.58. The summed E-state index contributed by atoms with van der Waals surface area (Å²) in [6, 6.07) is 11.1. The average Bonchev–Trinajstić information content (AvgIpc) is 2.35. The molecule has 2 rings (SSSR count). The number of rotatable bonds is 3. The molecule has 1 nitrogen and oxygen atoms in total. The third kappa shape index (κ3) is 3.06. The van der Waals surface area contributed by atoms with Gasteiger partial charge in [0.1, 0.15) is 5.82 Å². The van der Waals surface area contributed by atoms with Crippen LogP contribution in [0.1, 0.15) is 11.1 Å². The molecule has 0 bridgehead atoms. The Morgan fingerprint density at radius 3 is 2.78 bits per heavy atom. The number of benzene rings is 2. The van der Waals surface area contributed by atoms with E-state index in [-0.39, 0.29) is 5.82 Å². The summed E-state index contributed by atoms with van der Waals surface area (Å²) in [6.07, 6.45) is 0. The van der Waals surface area contributed by atoms with Crippen LogP contribution in [0.25, 0.3) is 0 Å². The lowest BCUT2D eigenvalue weighted by atomic mass is 10.2. The Bertz CT molecular complexity index is 572. The molecule has 18 heavy (non-hydrogen) atoms. The van der Waals surface area contributed by atoms with Crippen LogP contribution in [0.15, 0.2) is 45.8 Å². The van der Waals surface area contributed by atoms with Crippen molar-refractivity contribution in [2.75, 3.05) is 5.73 Å². The quantitative estimate of drug-likeness (QED) is 0.649. The first-order valence-electron chi connectivity index (χ1n) is 5.50. The SMILES string of the molecule is Cc1cccc(SCc2ccc(F)c(Br)c2)c1N. The summed E-state index contributed by atoms with van der Waals surface area (Å²) in [5.41, 5.74) is 8.98. The highest BCUT2D eigenvalue weighted by molar-refractivity contribution is 9.10. The van der Waals surface area contributed by atoms with Crippen LogP contribution < -0.4 is 5.73 Å². The van der Waals surface area contributed by atoms with Crippen molar-refractivity contribution in [1.82, 2.24) is 0 Å². The number of para-hydroxylation sites is 1. The number of aryl methyl sites for hydroxylation is 1. The van der Waals surface area contributed by atoms with Crippen molar-refractivity contribution in [2.45, 2.75) is 17.6 Å². The Morgan fingerprint density at radius 1 is 1.28 bits per heavy atom. The summed E-state index contributed by atoms with van der Waals surface area (Å²) < 4.78 is 13.6. The van der Waals surface area contributed by atoms with Crippen LogP contribution in [-0.4, -0.2) is 0 Å². The Labute approximate surface area is 119 Å². The standard InChI is InChI=1S/C14H13BrFNS/c1-9-3-2-4-13(14(9)17)18-8-10-5-6-12(16)11(15)7-10/h2-7H,8,17H2,1H3. The number of hydrogen-bond donors (Lipinski definition) is 1. The lowest BCUT2D eigenvalue weighted by Crippen LogP contribution is -1.92. The molecule has 0 saturated heterocycles. The van der Waals surface area contributed by atoms with Crippen molar-refractivity contribution in [3.8, 4) is 0 Å². The van der Waals surface area contributed by atoms with E-state index >= 15 is 0 Å². The van der Waals surface area contributed by atoms with Crippen molar-refractivity contribution >= 4 is 33.4 Å². The van der Waals surface area contributed by atoms with Gasteiger partial charge in [-0.25, -0.2) is 4.39 Å². The van der Waals surface area contributed by atoms with Crippen molar-refractivity contribution in [1.29, 1.82) is 0 Å². The van der Waals surface area contributed by atoms with E-state index in [1.54, 1.807) is 23.9 Å². The highest BCUT2D eigenvalue weighted by Crippen LogP contribution is 2.30. The molecule has 0 aliphatic rings. The first kappa shape index (κ1) is 13.4. The predicted molar refractivity (Wildman–Crippen MR) is 79.3 cm³/mol. The number of anilines is 1. The summed E-state index contributed by atoms with van der Waals surface area (Å²) in [4.78, 5) is 1.07. The third-order valence-electron chi connectivity index (χ3n) is 2.66. The maximum atomic E-state index is 13.1. The molecule has 0 radical (unpaired) electrons. The Kier molecular flexibility index (Phi) is 4.30. The number of halogens is 2. The van der Waals surface area contributed by atoms with Gasteiger partial charge in [-0.2, -0.15) is 0 Å². The van der Waals surface area contributed by atoms with Gasteiger partial charge in [0, 0.05) is 16.3 Å². The Morgan fingerprint density at radius 2 is 2.06 bits per heavy atom.